The van der Waals surface area contributed by atoms with Gasteiger partial charge < -0.3 is 15.1 Å². The van der Waals surface area contributed by atoms with Gasteiger partial charge in [0.05, 0.1) is 23.3 Å². The summed E-state index contributed by atoms with van der Waals surface area (Å²) in [6.45, 7) is 1.82. The minimum Gasteiger partial charge on any atom is -0.438 e. The number of alkyl halides is 3. The molecule has 2 aromatic heterocycles. The van der Waals surface area contributed by atoms with E-state index in [0.717, 1.165) is 12.1 Å². The molecule has 0 aliphatic heterocycles. The van der Waals surface area contributed by atoms with Crippen LogP contribution in [0.2, 0.25) is 0 Å². The number of rotatable bonds is 6. The summed E-state index contributed by atoms with van der Waals surface area (Å²) in [5.41, 5.74) is 0.841. The molecule has 7 nitrogen and oxygen atoms in total. The Hall–Kier alpha value is -3.95. The largest absolute Gasteiger partial charge is 0.438 e. The third kappa shape index (κ3) is 4.69. The molecule has 32 heavy (non-hydrogen) atoms. The van der Waals surface area contributed by atoms with E-state index in [4.69, 9.17) is 4.42 Å². The predicted octanol–water partition coefficient (Wildman–Crippen LogP) is 4.49. The number of halogens is 3. The molecule has 0 aliphatic carbocycles. The lowest BCUT2D eigenvalue weighted by atomic mass is 10.1. The van der Waals surface area contributed by atoms with Gasteiger partial charge in [-0.25, -0.2) is 15.0 Å². The van der Waals surface area contributed by atoms with Gasteiger partial charge in [0, 0.05) is 11.9 Å². The standard InChI is InChI=1S/C22H18F3N5O2/c1-13-19(32-12-28-13)21(31)27-11-18-29-17-8-3-2-7-16(17)20(30-18)26-10-14-5-4-6-15(9-14)22(23,24)25/h2-9,12H,10-11H2,1H3,(H,27,31)(H,26,29,30). The van der Waals surface area contributed by atoms with Gasteiger partial charge in [0.15, 0.2) is 12.2 Å². The first-order valence-electron chi connectivity index (χ1n) is 9.65. The van der Waals surface area contributed by atoms with E-state index in [1.165, 1.54) is 12.5 Å². The highest BCUT2D eigenvalue weighted by Crippen LogP contribution is 2.30. The molecule has 1 amide bonds. The van der Waals surface area contributed by atoms with Gasteiger partial charge in [-0.15, -0.1) is 0 Å². The normalized spacial score (nSPS) is 11.5. The molecule has 2 heterocycles. The number of fused-ring (bicyclic) bond motifs is 1. The van der Waals surface area contributed by atoms with Gasteiger partial charge in [-0.3, -0.25) is 4.79 Å². The molecule has 164 valence electrons. The van der Waals surface area contributed by atoms with Crippen LogP contribution < -0.4 is 10.6 Å². The van der Waals surface area contributed by atoms with Gasteiger partial charge in [0.1, 0.15) is 5.82 Å². The maximum atomic E-state index is 13.0. The molecule has 0 saturated carbocycles. The summed E-state index contributed by atoms with van der Waals surface area (Å²) in [6.07, 6.45) is -3.22. The van der Waals surface area contributed by atoms with Gasteiger partial charge in [-0.05, 0) is 36.8 Å². The zero-order valence-electron chi connectivity index (χ0n) is 16.9. The van der Waals surface area contributed by atoms with Crippen LogP contribution in [0.3, 0.4) is 0 Å². The van der Waals surface area contributed by atoms with Gasteiger partial charge in [0.2, 0.25) is 5.76 Å². The van der Waals surface area contributed by atoms with Crippen LogP contribution in [-0.4, -0.2) is 20.9 Å². The van der Waals surface area contributed by atoms with Crippen molar-refractivity contribution in [1.29, 1.82) is 0 Å². The first-order chi connectivity index (χ1) is 15.3. The number of hydrogen-bond acceptors (Lipinski definition) is 6. The molecule has 4 aromatic rings. The van der Waals surface area contributed by atoms with Crippen molar-refractivity contribution in [2.24, 2.45) is 0 Å². The maximum absolute atomic E-state index is 13.0. The first kappa shape index (κ1) is 21.3. The van der Waals surface area contributed by atoms with E-state index in [1.54, 1.807) is 19.1 Å². The van der Waals surface area contributed by atoms with Crippen LogP contribution in [0, 0.1) is 6.92 Å². The molecule has 0 atom stereocenters. The van der Waals surface area contributed by atoms with E-state index < -0.39 is 17.6 Å². The Kier molecular flexibility index (Phi) is 5.76. The summed E-state index contributed by atoms with van der Waals surface area (Å²) in [4.78, 5) is 25.1. The van der Waals surface area contributed by atoms with Crippen molar-refractivity contribution in [1.82, 2.24) is 20.3 Å². The number of aryl methyl sites for hydroxylation is 1. The maximum Gasteiger partial charge on any atom is 0.416 e. The Balaban J connectivity index is 1.55. The van der Waals surface area contributed by atoms with Crippen molar-refractivity contribution < 1.29 is 22.4 Å². The Labute approximate surface area is 180 Å². The van der Waals surface area contributed by atoms with Gasteiger partial charge in [-0.2, -0.15) is 13.2 Å². The Bertz CT molecular complexity index is 1270. The quantitative estimate of drug-likeness (QED) is 0.458. The Morgan fingerprint density at radius 1 is 1.06 bits per heavy atom. The van der Waals surface area contributed by atoms with E-state index >= 15 is 0 Å². The number of hydrogen-bond donors (Lipinski definition) is 2. The number of nitrogens with one attached hydrogen (secondary N) is 2. The highest BCUT2D eigenvalue weighted by atomic mass is 19.4. The topological polar surface area (TPSA) is 92.9 Å². The summed E-state index contributed by atoms with van der Waals surface area (Å²) in [5, 5.41) is 6.48. The first-order valence-corrected chi connectivity index (χ1v) is 9.65. The van der Waals surface area contributed by atoms with Gasteiger partial charge in [-0.1, -0.05) is 24.3 Å². The average molecular weight is 441 g/mol. The smallest absolute Gasteiger partial charge is 0.416 e. The van der Waals surface area contributed by atoms with Crippen molar-refractivity contribution in [3.8, 4) is 0 Å². The summed E-state index contributed by atoms with van der Waals surface area (Å²) in [7, 11) is 0. The Morgan fingerprint density at radius 3 is 2.62 bits per heavy atom. The molecule has 0 unspecified atom stereocenters. The van der Waals surface area contributed by atoms with Crippen molar-refractivity contribution in [2.45, 2.75) is 26.2 Å². The molecular weight excluding hydrogens is 423 g/mol. The average Bonchev–Trinajstić information content (AvgIpc) is 3.21. The number of amides is 1. The second-order valence-electron chi connectivity index (χ2n) is 7.01. The number of carbonyl (C=O) groups is 1. The molecular formula is C22H18F3N5O2. The van der Waals surface area contributed by atoms with E-state index in [9.17, 15) is 18.0 Å². The van der Waals surface area contributed by atoms with Crippen LogP contribution in [-0.2, 0) is 19.3 Å². The second kappa shape index (κ2) is 8.66. The third-order valence-electron chi connectivity index (χ3n) is 4.72. The van der Waals surface area contributed by atoms with E-state index in [2.05, 4.69) is 25.6 Å². The van der Waals surface area contributed by atoms with Crippen molar-refractivity contribution in [2.75, 3.05) is 5.32 Å². The molecule has 4 rings (SSSR count). The van der Waals surface area contributed by atoms with Crippen molar-refractivity contribution in [3.05, 3.63) is 83.3 Å². The lowest BCUT2D eigenvalue weighted by Crippen LogP contribution is -2.24. The highest BCUT2D eigenvalue weighted by Gasteiger charge is 2.30. The number of benzene rings is 2. The monoisotopic (exact) mass is 441 g/mol. The molecule has 10 heteroatoms. The number of oxazole rings is 1. The highest BCUT2D eigenvalue weighted by molar-refractivity contribution is 5.92. The second-order valence-corrected chi connectivity index (χ2v) is 7.01. The molecule has 0 spiro atoms. The Morgan fingerprint density at radius 2 is 1.88 bits per heavy atom. The zero-order chi connectivity index (χ0) is 22.7. The SMILES string of the molecule is Cc1ncoc1C(=O)NCc1nc(NCc2cccc(C(F)(F)F)c2)c2ccccc2n1. The summed E-state index contributed by atoms with van der Waals surface area (Å²) >= 11 is 0. The number of aromatic nitrogens is 3. The molecule has 2 N–H and O–H groups in total. The predicted molar refractivity (Wildman–Crippen MR) is 111 cm³/mol. The van der Waals surface area contributed by atoms with Crippen molar-refractivity contribution >= 4 is 22.6 Å². The van der Waals surface area contributed by atoms with Crippen molar-refractivity contribution in [3.63, 3.8) is 0 Å². The summed E-state index contributed by atoms with van der Waals surface area (Å²) < 4.78 is 44.0. The molecule has 0 aliphatic rings. The minimum atomic E-state index is -4.41. The number of carbonyl (C=O) groups excluding carboxylic acids is 1. The van der Waals surface area contributed by atoms with Gasteiger partial charge in [0.25, 0.3) is 5.91 Å². The summed E-state index contributed by atoms with van der Waals surface area (Å²) in [5.74, 6) is 0.442. The molecule has 0 saturated heterocycles. The van der Waals surface area contributed by atoms with Crippen LogP contribution in [0.4, 0.5) is 19.0 Å². The lowest BCUT2D eigenvalue weighted by molar-refractivity contribution is -0.137. The number of anilines is 1. The minimum absolute atomic E-state index is 0.0298. The zero-order valence-corrected chi connectivity index (χ0v) is 16.9. The number of nitrogens with zero attached hydrogens (tertiary/aromatic N) is 3. The fourth-order valence-corrected chi connectivity index (χ4v) is 3.14. The van der Waals surface area contributed by atoms with Crippen LogP contribution >= 0.6 is 0 Å². The van der Waals surface area contributed by atoms with Crippen LogP contribution in [0.15, 0.2) is 59.3 Å². The van der Waals surface area contributed by atoms with Crippen LogP contribution in [0.5, 0.6) is 0 Å². The van der Waals surface area contributed by atoms with E-state index in [-0.39, 0.29) is 18.8 Å². The number of para-hydroxylation sites is 1. The third-order valence-corrected chi connectivity index (χ3v) is 4.72. The summed E-state index contributed by atoms with van der Waals surface area (Å²) in [6, 6.07) is 12.3. The molecule has 0 fully saturated rings. The molecule has 2 aromatic carbocycles. The van der Waals surface area contributed by atoms with Gasteiger partial charge >= 0.3 is 6.18 Å². The van der Waals surface area contributed by atoms with E-state index in [0.29, 0.717) is 33.8 Å². The van der Waals surface area contributed by atoms with Crippen LogP contribution in [0.25, 0.3) is 10.9 Å². The molecule has 0 bridgehead atoms. The fraction of sp³-hybridized carbons (Fsp3) is 0.182. The fourth-order valence-electron chi connectivity index (χ4n) is 3.14. The lowest BCUT2D eigenvalue weighted by Gasteiger charge is -2.13. The molecule has 0 radical (unpaired) electrons. The van der Waals surface area contributed by atoms with Crippen LogP contribution in [0.1, 0.15) is 33.2 Å². The van der Waals surface area contributed by atoms with E-state index in [1.807, 2.05) is 18.2 Å².